The van der Waals surface area contributed by atoms with Crippen molar-refractivity contribution in [2.24, 2.45) is 0 Å². The van der Waals surface area contributed by atoms with E-state index in [-0.39, 0.29) is 4.90 Å². The molecule has 0 heterocycles. The fourth-order valence-electron chi connectivity index (χ4n) is 3.20. The van der Waals surface area contributed by atoms with Crippen LogP contribution in [0.15, 0.2) is 57.4 Å². The van der Waals surface area contributed by atoms with E-state index in [1.165, 1.54) is 12.1 Å². The second-order valence-electron chi connectivity index (χ2n) is 7.70. The van der Waals surface area contributed by atoms with Gasteiger partial charge in [0.15, 0.2) is 5.66 Å². The van der Waals surface area contributed by atoms with Gasteiger partial charge >= 0.3 is 0 Å². The molecule has 2 aromatic carbocycles. The molecule has 2 aromatic rings. The normalized spacial score (nSPS) is 22.4. The Kier molecular flexibility index (Phi) is 7.39. The number of hydrogen-bond donors (Lipinski definition) is 2. The van der Waals surface area contributed by atoms with Crippen LogP contribution in [-0.4, -0.2) is 28.5 Å². The number of nitrogens with one attached hydrogen (secondary N) is 2. The van der Waals surface area contributed by atoms with E-state index >= 15 is 0 Å². The molecule has 178 valence electrons. The third-order valence-corrected chi connectivity index (χ3v) is 10.2. The summed E-state index contributed by atoms with van der Waals surface area (Å²) in [4.78, 5) is 12.6. The molecule has 2 N–H and O–H groups in total. The van der Waals surface area contributed by atoms with Crippen LogP contribution < -0.4 is 10.0 Å². The van der Waals surface area contributed by atoms with E-state index in [0.29, 0.717) is 5.69 Å². The summed E-state index contributed by atoms with van der Waals surface area (Å²) >= 11 is 38.4. The van der Waals surface area contributed by atoms with Gasteiger partial charge in [-0.25, -0.2) is 8.42 Å². The zero-order chi connectivity index (χ0) is 25.0. The maximum absolute atomic E-state index is 13.4. The Balaban J connectivity index is 2.29. The molecule has 0 fully saturated rings. The van der Waals surface area contributed by atoms with E-state index in [1.54, 1.807) is 37.3 Å². The Hall–Kier alpha value is -0.700. The molecule has 1 atom stereocenters. The van der Waals surface area contributed by atoms with Crippen molar-refractivity contribution in [2.45, 2.75) is 40.0 Å². The Morgan fingerprint density at radius 1 is 0.848 bits per heavy atom. The minimum atomic E-state index is -4.36. The predicted octanol–water partition coefficient (Wildman–Crippen LogP) is 6.32. The lowest BCUT2D eigenvalue weighted by molar-refractivity contribution is -0.116. The quantitative estimate of drug-likeness (QED) is 0.316. The number of alkyl halides is 4. The average molecular weight is 591 g/mol. The third-order valence-electron chi connectivity index (χ3n) is 5.33. The van der Waals surface area contributed by atoms with E-state index in [0.717, 1.165) is 16.7 Å². The highest BCUT2D eigenvalue weighted by atomic mass is 35.5. The minimum absolute atomic E-state index is 0.120. The Labute approximate surface area is 222 Å². The molecular formula is C21H18Cl6N2O3S. The molecule has 0 radical (unpaired) electrons. The molecule has 0 saturated heterocycles. The van der Waals surface area contributed by atoms with Crippen molar-refractivity contribution >= 4 is 91.1 Å². The van der Waals surface area contributed by atoms with E-state index < -0.39 is 40.2 Å². The van der Waals surface area contributed by atoms with Gasteiger partial charge in [0, 0.05) is 5.69 Å². The van der Waals surface area contributed by atoms with Crippen molar-refractivity contribution < 1.29 is 13.2 Å². The highest BCUT2D eigenvalue weighted by Crippen LogP contribution is 2.58. The maximum Gasteiger partial charge on any atom is 0.242 e. The van der Waals surface area contributed by atoms with Crippen LogP contribution in [0.5, 0.6) is 0 Å². The second-order valence-corrected chi connectivity index (χ2v) is 12.8. The summed E-state index contributed by atoms with van der Waals surface area (Å²) in [5.41, 5.74) is 0.701. The Morgan fingerprint density at radius 2 is 1.42 bits per heavy atom. The number of carbonyl (C=O) groups excluding carboxylic acids is 1. The number of sulfonamides is 1. The summed E-state index contributed by atoms with van der Waals surface area (Å²) in [6.45, 7) is 5.55. The molecule has 5 nitrogen and oxygen atoms in total. The molecule has 0 amide bonds. The van der Waals surface area contributed by atoms with Crippen molar-refractivity contribution in [3.05, 3.63) is 69.2 Å². The fraction of sp³-hybridized carbons (Fsp3) is 0.286. The summed E-state index contributed by atoms with van der Waals surface area (Å²) in [7, 11) is -4.36. The lowest BCUT2D eigenvalue weighted by Gasteiger charge is -2.50. The van der Waals surface area contributed by atoms with Crippen LogP contribution >= 0.6 is 69.6 Å². The molecule has 0 unspecified atom stereocenters. The number of rotatable bonds is 5. The Morgan fingerprint density at radius 3 is 1.97 bits per heavy atom. The zero-order valence-corrected chi connectivity index (χ0v) is 22.8. The SMILES string of the molecule is Cc1ccc(S(=O)(=O)N[C@@]2(Nc3ccc(C)c(C)c3)C(Cl)=C(Cl)C(=O)C(Cl)(Cl)C2(Cl)Cl)cc1. The van der Waals surface area contributed by atoms with Gasteiger partial charge < -0.3 is 5.32 Å². The number of aryl methyl sites for hydroxylation is 3. The number of Topliss-reactive ketones (excluding diaryl/α,β-unsaturated/α-hetero) is 1. The van der Waals surface area contributed by atoms with Gasteiger partial charge in [-0.05, 0) is 56.2 Å². The molecule has 3 rings (SSSR count). The van der Waals surface area contributed by atoms with Gasteiger partial charge in [-0.3, -0.25) is 4.79 Å². The highest BCUT2D eigenvalue weighted by molar-refractivity contribution is 7.89. The third kappa shape index (κ3) is 4.50. The van der Waals surface area contributed by atoms with Crippen molar-refractivity contribution in [3.8, 4) is 0 Å². The summed E-state index contributed by atoms with van der Waals surface area (Å²) in [6, 6.07) is 11.1. The maximum atomic E-state index is 13.4. The molecule has 0 aromatic heterocycles. The lowest BCUT2D eigenvalue weighted by atomic mass is 9.92. The molecule has 0 bridgehead atoms. The molecule has 33 heavy (non-hydrogen) atoms. The number of ketones is 1. The van der Waals surface area contributed by atoms with Crippen LogP contribution in [0.25, 0.3) is 0 Å². The monoisotopic (exact) mass is 588 g/mol. The van der Waals surface area contributed by atoms with E-state index in [2.05, 4.69) is 10.0 Å². The van der Waals surface area contributed by atoms with E-state index in [1.807, 2.05) is 13.8 Å². The fourth-order valence-corrected chi connectivity index (χ4v) is 6.51. The largest absolute Gasteiger partial charge is 0.359 e. The number of hydrogen-bond acceptors (Lipinski definition) is 4. The molecule has 0 aliphatic heterocycles. The molecule has 12 heteroatoms. The van der Waals surface area contributed by atoms with Crippen LogP contribution in [0.3, 0.4) is 0 Å². The first-order valence-corrected chi connectivity index (χ1v) is 13.1. The second kappa shape index (κ2) is 9.07. The van der Waals surface area contributed by atoms with Crippen LogP contribution in [0.4, 0.5) is 5.69 Å². The van der Waals surface area contributed by atoms with Gasteiger partial charge in [0.05, 0.1) is 9.93 Å². The first kappa shape index (κ1) is 26.9. The summed E-state index contributed by atoms with van der Waals surface area (Å²) in [5.74, 6) is -1.07. The summed E-state index contributed by atoms with van der Waals surface area (Å²) in [5, 5.41) is 1.75. The average Bonchev–Trinajstić information content (AvgIpc) is 2.73. The van der Waals surface area contributed by atoms with Gasteiger partial charge in [-0.15, -0.1) is 0 Å². The van der Waals surface area contributed by atoms with Gasteiger partial charge in [-0.2, -0.15) is 4.72 Å². The van der Waals surface area contributed by atoms with Crippen molar-refractivity contribution in [1.82, 2.24) is 4.72 Å². The van der Waals surface area contributed by atoms with E-state index in [9.17, 15) is 13.2 Å². The van der Waals surface area contributed by atoms with Gasteiger partial charge in [-0.1, -0.05) is 93.4 Å². The smallest absolute Gasteiger partial charge is 0.242 e. The van der Waals surface area contributed by atoms with Crippen LogP contribution in [0, 0.1) is 20.8 Å². The minimum Gasteiger partial charge on any atom is -0.359 e. The Bertz CT molecular complexity index is 1260. The number of benzene rings is 2. The van der Waals surface area contributed by atoms with Crippen molar-refractivity contribution in [1.29, 1.82) is 0 Å². The van der Waals surface area contributed by atoms with Crippen LogP contribution in [0.2, 0.25) is 0 Å². The number of carbonyl (C=O) groups is 1. The number of halogens is 6. The molecule has 0 saturated carbocycles. The summed E-state index contributed by atoms with van der Waals surface area (Å²) in [6.07, 6.45) is 0. The molecular weight excluding hydrogens is 573 g/mol. The standard InChI is InChI=1S/C21H18Cl6N2O3S/c1-11-4-8-15(9-5-11)33(31,32)29-20(28-14-7-6-12(2)13(3)10-14)17(23)16(22)18(30)19(24,25)21(20,26)27/h4-10,28-29H,1-3H3/t20-/m0/s1. The first-order chi connectivity index (χ1) is 15.1. The number of allylic oxidation sites excluding steroid dienone is 1. The predicted molar refractivity (Wildman–Crippen MR) is 136 cm³/mol. The van der Waals surface area contributed by atoms with Crippen LogP contribution in [-0.2, 0) is 14.8 Å². The van der Waals surface area contributed by atoms with Gasteiger partial charge in [0.25, 0.3) is 0 Å². The molecule has 0 spiro atoms. The van der Waals surface area contributed by atoms with Crippen molar-refractivity contribution in [2.75, 3.05) is 5.32 Å². The van der Waals surface area contributed by atoms with Crippen LogP contribution in [0.1, 0.15) is 16.7 Å². The lowest BCUT2D eigenvalue weighted by Crippen LogP contribution is -2.73. The molecule has 1 aliphatic rings. The van der Waals surface area contributed by atoms with Crippen molar-refractivity contribution in [3.63, 3.8) is 0 Å². The van der Waals surface area contributed by atoms with Gasteiger partial charge in [0.1, 0.15) is 5.03 Å². The summed E-state index contributed by atoms with van der Waals surface area (Å²) < 4.78 is 24.0. The zero-order valence-electron chi connectivity index (χ0n) is 17.4. The van der Waals surface area contributed by atoms with Gasteiger partial charge in [0.2, 0.25) is 24.5 Å². The first-order valence-electron chi connectivity index (χ1n) is 9.39. The van der Waals surface area contributed by atoms with E-state index in [4.69, 9.17) is 69.6 Å². The number of anilines is 1. The molecule has 1 aliphatic carbocycles. The highest BCUT2D eigenvalue weighted by Gasteiger charge is 2.71. The topological polar surface area (TPSA) is 75.3 Å².